The summed E-state index contributed by atoms with van der Waals surface area (Å²) in [5.41, 5.74) is 0.989. The molecule has 24 heavy (non-hydrogen) atoms. The summed E-state index contributed by atoms with van der Waals surface area (Å²) in [7, 11) is 2.21. The Balaban J connectivity index is 1.69. The maximum Gasteiger partial charge on any atom is 0.191 e. The summed E-state index contributed by atoms with van der Waals surface area (Å²) in [6.45, 7) is 10.5. The van der Waals surface area contributed by atoms with E-state index >= 15 is 0 Å². The molecule has 1 aliphatic rings. The number of hydrogen-bond donors (Lipinski definition) is 2. The molecule has 0 radical (unpaired) electrons. The Morgan fingerprint density at radius 2 is 2.12 bits per heavy atom. The van der Waals surface area contributed by atoms with Crippen LogP contribution >= 0.6 is 0 Å². The van der Waals surface area contributed by atoms with Crippen LogP contribution in [0.3, 0.4) is 0 Å². The van der Waals surface area contributed by atoms with Crippen molar-refractivity contribution in [2.45, 2.75) is 26.3 Å². The second-order valence-electron chi connectivity index (χ2n) is 6.30. The highest BCUT2D eigenvalue weighted by Gasteiger charge is 2.11. The molecule has 134 valence electrons. The maximum absolute atomic E-state index is 4.60. The Kier molecular flexibility index (Phi) is 8.55. The molecule has 0 aliphatic carbocycles. The zero-order valence-corrected chi connectivity index (χ0v) is 15.2. The minimum absolute atomic E-state index is 0.606. The molecule has 0 atom stereocenters. The average molecular weight is 332 g/mol. The van der Waals surface area contributed by atoms with Gasteiger partial charge in [0.1, 0.15) is 0 Å². The zero-order chi connectivity index (χ0) is 17.0. The van der Waals surface area contributed by atoms with E-state index in [1.54, 1.807) is 0 Å². The molecule has 0 spiro atoms. The summed E-state index contributed by atoms with van der Waals surface area (Å²) in [5.74, 6) is 0.874. The van der Waals surface area contributed by atoms with Crippen LogP contribution in [0.1, 0.15) is 25.5 Å². The Hall–Kier alpha value is -1.66. The van der Waals surface area contributed by atoms with E-state index in [1.165, 1.54) is 32.6 Å². The lowest BCUT2D eigenvalue weighted by molar-refractivity contribution is 0.274. The van der Waals surface area contributed by atoms with E-state index in [2.05, 4.69) is 44.4 Å². The molecule has 1 saturated heterocycles. The van der Waals surface area contributed by atoms with Gasteiger partial charge in [0, 0.05) is 32.4 Å². The fraction of sp³-hybridized carbons (Fsp3) is 0.667. The third kappa shape index (κ3) is 7.27. The Morgan fingerprint density at radius 3 is 2.92 bits per heavy atom. The van der Waals surface area contributed by atoms with Gasteiger partial charge in [0.05, 0.1) is 12.2 Å². The molecular weight excluding hydrogens is 300 g/mol. The van der Waals surface area contributed by atoms with E-state index in [9.17, 15) is 0 Å². The molecule has 1 aromatic heterocycles. The first kappa shape index (κ1) is 18.7. The quantitative estimate of drug-likeness (QED) is 0.446. The lowest BCUT2D eigenvalue weighted by Crippen LogP contribution is -2.39. The monoisotopic (exact) mass is 332 g/mol. The van der Waals surface area contributed by atoms with Gasteiger partial charge in [0.25, 0.3) is 0 Å². The Labute approximate surface area is 146 Å². The molecule has 2 N–H and O–H groups in total. The highest BCUT2D eigenvalue weighted by molar-refractivity contribution is 5.79. The number of nitrogens with zero attached hydrogens (tertiary/aromatic N) is 4. The molecule has 1 aliphatic heterocycles. The van der Waals surface area contributed by atoms with Gasteiger partial charge in [-0.2, -0.15) is 0 Å². The van der Waals surface area contributed by atoms with Crippen LogP contribution < -0.4 is 10.6 Å². The van der Waals surface area contributed by atoms with Crippen molar-refractivity contribution in [3.63, 3.8) is 0 Å². The van der Waals surface area contributed by atoms with Gasteiger partial charge in [0.15, 0.2) is 5.96 Å². The van der Waals surface area contributed by atoms with E-state index in [0.29, 0.717) is 6.54 Å². The smallest absolute Gasteiger partial charge is 0.191 e. The van der Waals surface area contributed by atoms with Crippen LogP contribution in [-0.2, 0) is 6.54 Å². The summed E-state index contributed by atoms with van der Waals surface area (Å²) in [5, 5.41) is 6.73. The molecular formula is C18H32N6. The second-order valence-corrected chi connectivity index (χ2v) is 6.30. The van der Waals surface area contributed by atoms with Gasteiger partial charge < -0.3 is 20.4 Å². The number of guanidine groups is 1. The van der Waals surface area contributed by atoms with Crippen molar-refractivity contribution in [2.75, 3.05) is 52.9 Å². The lowest BCUT2D eigenvalue weighted by atomic mass is 10.3. The summed E-state index contributed by atoms with van der Waals surface area (Å²) < 4.78 is 0. The molecule has 2 heterocycles. The topological polar surface area (TPSA) is 55.8 Å². The van der Waals surface area contributed by atoms with Crippen molar-refractivity contribution in [1.29, 1.82) is 0 Å². The van der Waals surface area contributed by atoms with Crippen LogP contribution in [0.25, 0.3) is 0 Å². The average Bonchev–Trinajstić information content (AvgIpc) is 2.81. The highest BCUT2D eigenvalue weighted by atomic mass is 15.2. The number of hydrogen-bond acceptors (Lipinski definition) is 4. The normalized spacial score (nSPS) is 17.5. The molecule has 1 fully saturated rings. The zero-order valence-electron chi connectivity index (χ0n) is 15.2. The van der Waals surface area contributed by atoms with Gasteiger partial charge >= 0.3 is 0 Å². The Morgan fingerprint density at radius 1 is 1.21 bits per heavy atom. The van der Waals surface area contributed by atoms with Crippen LogP contribution in [0.15, 0.2) is 29.4 Å². The minimum atomic E-state index is 0.606. The minimum Gasteiger partial charge on any atom is -0.357 e. The van der Waals surface area contributed by atoms with Crippen LogP contribution in [0.4, 0.5) is 0 Å². The van der Waals surface area contributed by atoms with Gasteiger partial charge in [-0.3, -0.25) is 4.98 Å². The lowest BCUT2D eigenvalue weighted by Gasteiger charge is -2.20. The van der Waals surface area contributed by atoms with Crippen molar-refractivity contribution in [1.82, 2.24) is 25.4 Å². The van der Waals surface area contributed by atoms with Crippen LogP contribution in [0.2, 0.25) is 0 Å². The van der Waals surface area contributed by atoms with Crippen molar-refractivity contribution in [2.24, 2.45) is 4.99 Å². The van der Waals surface area contributed by atoms with Gasteiger partial charge in [-0.25, -0.2) is 4.99 Å². The summed E-state index contributed by atoms with van der Waals surface area (Å²) in [4.78, 5) is 13.9. The van der Waals surface area contributed by atoms with Crippen LogP contribution in [0, 0.1) is 0 Å². The van der Waals surface area contributed by atoms with Crippen molar-refractivity contribution >= 4 is 5.96 Å². The summed E-state index contributed by atoms with van der Waals surface area (Å²) >= 11 is 0. The summed E-state index contributed by atoms with van der Waals surface area (Å²) in [6.07, 6.45) is 4.22. The van der Waals surface area contributed by atoms with Crippen molar-refractivity contribution < 1.29 is 0 Å². The van der Waals surface area contributed by atoms with Gasteiger partial charge in [-0.1, -0.05) is 6.07 Å². The standard InChI is InChI=1S/C18H32N6/c1-3-19-18(22-16-17-8-4-5-9-20-17)21-10-6-12-24-13-7-11-23(2)14-15-24/h4-5,8-9H,3,6-7,10-16H2,1-2H3,(H2,19,21,22). The molecule has 0 aromatic carbocycles. The summed E-state index contributed by atoms with van der Waals surface area (Å²) in [6, 6.07) is 5.93. The highest BCUT2D eigenvalue weighted by Crippen LogP contribution is 2.01. The third-order valence-corrected chi connectivity index (χ3v) is 4.23. The fourth-order valence-electron chi connectivity index (χ4n) is 2.83. The fourth-order valence-corrected chi connectivity index (χ4v) is 2.83. The first-order valence-electron chi connectivity index (χ1n) is 9.11. The van der Waals surface area contributed by atoms with E-state index in [-0.39, 0.29) is 0 Å². The Bertz CT molecular complexity index is 476. The number of likely N-dealkylation sites (N-methyl/N-ethyl adjacent to an activating group) is 1. The van der Waals surface area contributed by atoms with Gasteiger partial charge in [-0.15, -0.1) is 0 Å². The predicted octanol–water partition coefficient (Wildman–Crippen LogP) is 1.16. The SMILES string of the molecule is CCNC(=NCc1ccccn1)NCCCN1CCCN(C)CC1. The second kappa shape index (κ2) is 11.0. The van der Waals surface area contributed by atoms with Gasteiger partial charge in [-0.05, 0) is 58.6 Å². The number of aliphatic imine (C=N–C) groups is 1. The molecule has 2 rings (SSSR count). The van der Waals surface area contributed by atoms with E-state index in [4.69, 9.17) is 0 Å². The molecule has 0 unspecified atom stereocenters. The number of aromatic nitrogens is 1. The third-order valence-electron chi connectivity index (χ3n) is 4.23. The van der Waals surface area contributed by atoms with Crippen molar-refractivity contribution in [3.05, 3.63) is 30.1 Å². The largest absolute Gasteiger partial charge is 0.357 e. The number of pyridine rings is 1. The van der Waals surface area contributed by atoms with E-state index < -0.39 is 0 Å². The van der Waals surface area contributed by atoms with Gasteiger partial charge in [0.2, 0.25) is 0 Å². The molecule has 6 nitrogen and oxygen atoms in total. The van der Waals surface area contributed by atoms with Crippen LogP contribution in [0.5, 0.6) is 0 Å². The molecule has 1 aromatic rings. The maximum atomic E-state index is 4.60. The number of rotatable bonds is 7. The first-order valence-corrected chi connectivity index (χ1v) is 9.11. The predicted molar refractivity (Wildman–Crippen MR) is 100 cm³/mol. The van der Waals surface area contributed by atoms with E-state index in [0.717, 1.165) is 37.7 Å². The van der Waals surface area contributed by atoms with E-state index in [1.807, 2.05) is 24.4 Å². The number of nitrogens with one attached hydrogen (secondary N) is 2. The molecule has 0 saturated carbocycles. The first-order chi connectivity index (χ1) is 11.8. The molecule has 0 bridgehead atoms. The van der Waals surface area contributed by atoms with Crippen LogP contribution in [-0.4, -0.2) is 73.6 Å². The molecule has 6 heteroatoms. The molecule has 0 amide bonds. The van der Waals surface area contributed by atoms with Crippen molar-refractivity contribution in [3.8, 4) is 0 Å².